The third-order valence-electron chi connectivity index (χ3n) is 4.41. The number of aliphatic imine (C=N–C) groups is 1. The minimum atomic E-state index is -0.458. The lowest BCUT2D eigenvalue weighted by molar-refractivity contribution is 0.100. The monoisotopic (exact) mass is 378 g/mol. The maximum atomic E-state index is 12.0. The number of ether oxygens (including phenoxy) is 2. The zero-order valence-corrected chi connectivity index (χ0v) is 15.6. The first kappa shape index (κ1) is 17.3. The highest BCUT2D eigenvalue weighted by atomic mass is 32.1. The molecular weight excluding hydrogens is 360 g/mol. The molecular formula is C21H18N2O3S. The first-order valence-electron chi connectivity index (χ1n) is 8.51. The van der Waals surface area contributed by atoms with Crippen LogP contribution in [-0.2, 0) is 6.42 Å². The standard InChI is InChI=1S/C21H18N2O3S/c1-13-18(10-14-5-3-2-4-6-14)27-21(19(13)20(22)24)23-11-15-7-8-16-17(9-15)26-12-25-16/h2-9,11H,10,12H2,1H3,(H2,22,24)/b23-11+. The number of benzene rings is 2. The summed E-state index contributed by atoms with van der Waals surface area (Å²) in [6, 6.07) is 15.7. The molecule has 1 aromatic heterocycles. The molecule has 1 aliphatic rings. The van der Waals surface area contributed by atoms with Gasteiger partial charge in [0.25, 0.3) is 5.91 Å². The fourth-order valence-electron chi connectivity index (χ4n) is 3.00. The molecule has 27 heavy (non-hydrogen) atoms. The lowest BCUT2D eigenvalue weighted by atomic mass is 10.1. The minimum Gasteiger partial charge on any atom is -0.454 e. The topological polar surface area (TPSA) is 73.9 Å². The van der Waals surface area contributed by atoms with E-state index in [-0.39, 0.29) is 6.79 Å². The Labute approximate surface area is 161 Å². The molecule has 6 heteroatoms. The fraction of sp³-hybridized carbons (Fsp3) is 0.143. The van der Waals surface area contributed by atoms with Gasteiger partial charge in [0.05, 0.1) is 5.56 Å². The largest absolute Gasteiger partial charge is 0.454 e. The Bertz CT molecular complexity index is 1030. The van der Waals surface area contributed by atoms with Gasteiger partial charge in [0.2, 0.25) is 6.79 Å². The van der Waals surface area contributed by atoms with E-state index in [0.717, 1.165) is 28.2 Å². The zero-order chi connectivity index (χ0) is 18.8. The fourth-order valence-corrected chi connectivity index (χ4v) is 4.19. The summed E-state index contributed by atoms with van der Waals surface area (Å²) in [7, 11) is 0. The average molecular weight is 378 g/mol. The van der Waals surface area contributed by atoms with Gasteiger partial charge in [-0.05, 0) is 41.8 Å². The molecule has 5 nitrogen and oxygen atoms in total. The normalized spacial score (nSPS) is 12.6. The van der Waals surface area contributed by atoms with Crippen LogP contribution in [0.15, 0.2) is 53.5 Å². The summed E-state index contributed by atoms with van der Waals surface area (Å²) in [5, 5.41) is 0.628. The number of thiophene rings is 1. The van der Waals surface area contributed by atoms with Crippen molar-refractivity contribution in [2.75, 3.05) is 6.79 Å². The molecule has 0 radical (unpaired) electrons. The Balaban J connectivity index is 1.65. The molecule has 0 spiro atoms. The van der Waals surface area contributed by atoms with Crippen LogP contribution in [0.25, 0.3) is 0 Å². The number of carbonyl (C=O) groups is 1. The molecule has 0 unspecified atom stereocenters. The van der Waals surface area contributed by atoms with Crippen molar-refractivity contribution >= 4 is 28.5 Å². The Morgan fingerprint density at radius 3 is 2.74 bits per heavy atom. The van der Waals surface area contributed by atoms with Crippen molar-refractivity contribution in [1.29, 1.82) is 0 Å². The van der Waals surface area contributed by atoms with Crippen LogP contribution >= 0.6 is 11.3 Å². The first-order valence-corrected chi connectivity index (χ1v) is 9.33. The Kier molecular flexibility index (Phi) is 4.64. The summed E-state index contributed by atoms with van der Waals surface area (Å²) >= 11 is 1.50. The van der Waals surface area contributed by atoms with E-state index in [2.05, 4.69) is 17.1 Å². The van der Waals surface area contributed by atoms with Gasteiger partial charge in [-0.1, -0.05) is 30.3 Å². The van der Waals surface area contributed by atoms with E-state index in [0.29, 0.717) is 16.3 Å². The maximum Gasteiger partial charge on any atom is 0.252 e. The quantitative estimate of drug-likeness (QED) is 0.675. The molecule has 0 bridgehead atoms. The second-order valence-electron chi connectivity index (χ2n) is 6.23. The average Bonchev–Trinajstić information content (AvgIpc) is 3.25. The van der Waals surface area contributed by atoms with E-state index in [1.165, 1.54) is 16.9 Å². The lowest BCUT2D eigenvalue weighted by Crippen LogP contribution is -2.11. The van der Waals surface area contributed by atoms with E-state index >= 15 is 0 Å². The predicted molar refractivity (Wildman–Crippen MR) is 107 cm³/mol. The number of carbonyl (C=O) groups excluding carboxylic acids is 1. The van der Waals surface area contributed by atoms with Gasteiger partial charge in [0.15, 0.2) is 11.5 Å². The van der Waals surface area contributed by atoms with Gasteiger partial charge in [0, 0.05) is 17.5 Å². The van der Waals surface area contributed by atoms with Crippen LogP contribution in [-0.4, -0.2) is 18.9 Å². The minimum absolute atomic E-state index is 0.231. The number of hydrogen-bond acceptors (Lipinski definition) is 5. The molecule has 136 valence electrons. The number of fused-ring (bicyclic) bond motifs is 1. The number of amides is 1. The number of hydrogen-bond donors (Lipinski definition) is 1. The molecule has 2 heterocycles. The molecule has 4 rings (SSSR count). The van der Waals surface area contributed by atoms with E-state index in [4.69, 9.17) is 15.2 Å². The van der Waals surface area contributed by atoms with Gasteiger partial charge < -0.3 is 15.2 Å². The molecule has 2 N–H and O–H groups in total. The van der Waals surface area contributed by atoms with Crippen LogP contribution in [0, 0.1) is 6.92 Å². The van der Waals surface area contributed by atoms with Gasteiger partial charge >= 0.3 is 0 Å². The van der Waals surface area contributed by atoms with Crippen molar-refractivity contribution in [1.82, 2.24) is 0 Å². The van der Waals surface area contributed by atoms with Crippen molar-refractivity contribution in [2.45, 2.75) is 13.3 Å². The van der Waals surface area contributed by atoms with Gasteiger partial charge in [-0.2, -0.15) is 0 Å². The molecule has 0 saturated heterocycles. The van der Waals surface area contributed by atoms with Crippen LogP contribution < -0.4 is 15.2 Å². The van der Waals surface area contributed by atoms with Crippen molar-refractivity contribution in [3.63, 3.8) is 0 Å². The van der Waals surface area contributed by atoms with Crippen LogP contribution in [0.5, 0.6) is 11.5 Å². The first-order chi connectivity index (χ1) is 13.1. The number of rotatable bonds is 5. The van der Waals surface area contributed by atoms with Crippen molar-refractivity contribution in [2.24, 2.45) is 10.7 Å². The smallest absolute Gasteiger partial charge is 0.252 e. The van der Waals surface area contributed by atoms with E-state index in [1.807, 2.05) is 43.3 Å². The summed E-state index contributed by atoms with van der Waals surface area (Å²) in [4.78, 5) is 17.6. The van der Waals surface area contributed by atoms with Gasteiger partial charge in [-0.3, -0.25) is 4.79 Å². The van der Waals surface area contributed by atoms with Crippen LogP contribution in [0.3, 0.4) is 0 Å². The number of nitrogens with two attached hydrogens (primary N) is 1. The molecule has 1 amide bonds. The van der Waals surface area contributed by atoms with E-state index in [1.54, 1.807) is 6.21 Å². The summed E-state index contributed by atoms with van der Waals surface area (Å²) < 4.78 is 10.7. The second kappa shape index (κ2) is 7.25. The van der Waals surface area contributed by atoms with Gasteiger partial charge in [-0.15, -0.1) is 11.3 Å². The van der Waals surface area contributed by atoms with Crippen LogP contribution in [0.4, 0.5) is 5.00 Å². The molecule has 0 fully saturated rings. The molecule has 1 aliphatic heterocycles. The summed E-state index contributed by atoms with van der Waals surface area (Å²) in [6.07, 6.45) is 2.46. The second-order valence-corrected chi connectivity index (χ2v) is 7.31. The highest BCUT2D eigenvalue weighted by Gasteiger charge is 2.19. The Morgan fingerprint density at radius 2 is 1.96 bits per heavy atom. The summed E-state index contributed by atoms with van der Waals surface area (Å²) in [6.45, 7) is 2.16. The van der Waals surface area contributed by atoms with E-state index < -0.39 is 5.91 Å². The maximum absolute atomic E-state index is 12.0. The van der Waals surface area contributed by atoms with Crippen molar-refractivity contribution < 1.29 is 14.3 Å². The van der Waals surface area contributed by atoms with Gasteiger partial charge in [0.1, 0.15) is 5.00 Å². The highest BCUT2D eigenvalue weighted by molar-refractivity contribution is 7.16. The number of nitrogens with zero attached hydrogens (tertiary/aromatic N) is 1. The third-order valence-corrected chi connectivity index (χ3v) is 5.61. The summed E-state index contributed by atoms with van der Waals surface area (Å²) in [5.41, 5.74) is 9.06. The third kappa shape index (κ3) is 3.57. The SMILES string of the molecule is Cc1c(Cc2ccccc2)sc(/N=C/c2ccc3c(c2)OCO3)c1C(N)=O. The zero-order valence-electron chi connectivity index (χ0n) is 14.8. The molecule has 0 atom stereocenters. The molecule has 3 aromatic rings. The predicted octanol–water partition coefficient (Wildman–Crippen LogP) is 4.23. The summed E-state index contributed by atoms with van der Waals surface area (Å²) in [5.74, 6) is 0.962. The Hall–Kier alpha value is -3.12. The van der Waals surface area contributed by atoms with Gasteiger partial charge in [-0.25, -0.2) is 4.99 Å². The van der Waals surface area contributed by atoms with Crippen LogP contribution in [0.2, 0.25) is 0 Å². The molecule has 0 saturated carbocycles. The van der Waals surface area contributed by atoms with E-state index in [9.17, 15) is 4.79 Å². The molecule has 0 aliphatic carbocycles. The van der Waals surface area contributed by atoms with Crippen molar-refractivity contribution in [3.8, 4) is 11.5 Å². The van der Waals surface area contributed by atoms with Crippen molar-refractivity contribution in [3.05, 3.63) is 75.7 Å². The number of primary amides is 1. The molecule has 2 aromatic carbocycles. The lowest BCUT2D eigenvalue weighted by Gasteiger charge is -2.00. The van der Waals surface area contributed by atoms with Crippen LogP contribution in [0.1, 0.15) is 31.9 Å². The highest BCUT2D eigenvalue weighted by Crippen LogP contribution is 2.37. The Morgan fingerprint density at radius 1 is 1.19 bits per heavy atom.